The second kappa shape index (κ2) is 7.78. The van der Waals surface area contributed by atoms with E-state index in [-0.39, 0.29) is 16.9 Å². The van der Waals surface area contributed by atoms with Gasteiger partial charge in [0.2, 0.25) is 5.91 Å². The molecule has 3 rings (SSSR count). The first-order valence-electron chi connectivity index (χ1n) is 8.14. The Kier molecular flexibility index (Phi) is 5.42. The van der Waals surface area contributed by atoms with Gasteiger partial charge in [-0.1, -0.05) is 48.0 Å². The van der Waals surface area contributed by atoms with Gasteiger partial charge in [-0.3, -0.25) is 4.79 Å². The van der Waals surface area contributed by atoms with Crippen molar-refractivity contribution in [1.29, 1.82) is 0 Å². The fourth-order valence-corrected chi connectivity index (χ4v) is 3.02. The van der Waals surface area contributed by atoms with Gasteiger partial charge in [0.15, 0.2) is 17.0 Å². The lowest BCUT2D eigenvalue weighted by molar-refractivity contribution is -0.144. The number of nitrogens with two attached hydrogens (primary N) is 1. The molecule has 28 heavy (non-hydrogen) atoms. The predicted molar refractivity (Wildman–Crippen MR) is 99.9 cm³/mol. The summed E-state index contributed by atoms with van der Waals surface area (Å²) in [7, 11) is 0. The largest absolute Gasteiger partial charge is 0.425 e. The van der Waals surface area contributed by atoms with Crippen molar-refractivity contribution in [2.75, 3.05) is 0 Å². The Morgan fingerprint density at radius 1 is 0.857 bits per heavy atom. The van der Waals surface area contributed by atoms with E-state index < -0.39 is 28.9 Å². The molecule has 4 nitrogen and oxygen atoms in total. The van der Waals surface area contributed by atoms with E-state index in [1.54, 1.807) is 18.2 Å². The number of carbonyl (C=O) groups is 2. The summed E-state index contributed by atoms with van der Waals surface area (Å²) >= 11 is 5.82. The van der Waals surface area contributed by atoms with Crippen LogP contribution in [0.1, 0.15) is 11.1 Å². The molecule has 0 aromatic heterocycles. The highest BCUT2D eigenvalue weighted by atomic mass is 35.5. The van der Waals surface area contributed by atoms with Crippen molar-refractivity contribution in [2.24, 2.45) is 5.73 Å². The lowest BCUT2D eigenvalue weighted by atomic mass is 9.73. The Morgan fingerprint density at radius 3 is 2.07 bits per heavy atom. The van der Waals surface area contributed by atoms with Crippen molar-refractivity contribution in [3.05, 3.63) is 101 Å². The van der Waals surface area contributed by atoms with Crippen LogP contribution in [0.5, 0.6) is 5.75 Å². The van der Waals surface area contributed by atoms with Crippen LogP contribution in [0.4, 0.5) is 8.78 Å². The first-order chi connectivity index (χ1) is 13.4. The zero-order valence-electron chi connectivity index (χ0n) is 14.4. The van der Waals surface area contributed by atoms with E-state index in [9.17, 15) is 18.4 Å². The number of hydrogen-bond donors (Lipinski definition) is 1. The molecule has 1 atom stereocenters. The molecule has 0 aliphatic carbocycles. The lowest BCUT2D eigenvalue weighted by Crippen LogP contribution is -2.51. The summed E-state index contributed by atoms with van der Waals surface area (Å²) in [6, 6.07) is 16.4. The minimum absolute atomic E-state index is 0.110. The highest BCUT2D eigenvalue weighted by molar-refractivity contribution is 6.30. The van der Waals surface area contributed by atoms with Crippen LogP contribution in [0.2, 0.25) is 5.02 Å². The van der Waals surface area contributed by atoms with E-state index in [2.05, 4.69) is 0 Å². The van der Waals surface area contributed by atoms with Crippen LogP contribution >= 0.6 is 11.6 Å². The van der Waals surface area contributed by atoms with E-state index in [1.165, 1.54) is 36.4 Å². The maximum atomic E-state index is 13.9. The van der Waals surface area contributed by atoms with Crippen LogP contribution < -0.4 is 10.5 Å². The lowest BCUT2D eigenvalue weighted by Gasteiger charge is -2.29. The summed E-state index contributed by atoms with van der Waals surface area (Å²) in [4.78, 5) is 25.8. The molecule has 3 aromatic carbocycles. The van der Waals surface area contributed by atoms with Gasteiger partial charge in [-0.05, 0) is 47.5 Å². The number of halogens is 3. The first kappa shape index (κ1) is 19.5. The van der Waals surface area contributed by atoms with Crippen molar-refractivity contribution in [2.45, 2.75) is 5.41 Å². The van der Waals surface area contributed by atoms with Crippen molar-refractivity contribution < 1.29 is 23.1 Å². The number of esters is 1. The molecule has 2 N–H and O–H groups in total. The van der Waals surface area contributed by atoms with Crippen LogP contribution in [0.3, 0.4) is 0 Å². The summed E-state index contributed by atoms with van der Waals surface area (Å²) in [6.07, 6.45) is 0. The van der Waals surface area contributed by atoms with Crippen LogP contribution in [-0.4, -0.2) is 11.9 Å². The number of carbonyl (C=O) groups excluding carboxylic acids is 2. The molecular weight excluding hydrogens is 388 g/mol. The predicted octanol–water partition coefficient (Wildman–Crippen LogP) is 4.00. The van der Waals surface area contributed by atoms with E-state index >= 15 is 0 Å². The van der Waals surface area contributed by atoms with Crippen molar-refractivity contribution in [3.8, 4) is 5.75 Å². The van der Waals surface area contributed by atoms with Gasteiger partial charge >= 0.3 is 5.97 Å². The van der Waals surface area contributed by atoms with E-state index in [0.717, 1.165) is 18.2 Å². The summed E-state index contributed by atoms with van der Waals surface area (Å²) in [6.45, 7) is 0. The van der Waals surface area contributed by atoms with Crippen molar-refractivity contribution in [3.63, 3.8) is 0 Å². The van der Waals surface area contributed by atoms with Crippen LogP contribution in [0.15, 0.2) is 72.8 Å². The summed E-state index contributed by atoms with van der Waals surface area (Å²) < 4.78 is 32.7. The van der Waals surface area contributed by atoms with Gasteiger partial charge in [0.25, 0.3) is 0 Å². The molecule has 0 aliphatic rings. The number of ether oxygens (including phenoxy) is 1. The monoisotopic (exact) mass is 401 g/mol. The quantitative estimate of drug-likeness (QED) is 0.399. The zero-order chi connectivity index (χ0) is 20.3. The Balaban J connectivity index is 2.20. The molecule has 1 unspecified atom stereocenters. The Labute approximate surface area is 164 Å². The minimum Gasteiger partial charge on any atom is -0.425 e. The molecule has 0 fully saturated rings. The normalized spacial score (nSPS) is 12.8. The molecule has 0 radical (unpaired) electrons. The molecule has 0 saturated carbocycles. The number of amides is 1. The Hall–Kier alpha value is -3.25. The standard InChI is InChI=1S/C21H14ClF2NO3/c22-15-7-9-16(10-8-15)28-20(27)21(19(25)26,13-4-2-1-3-5-13)14-6-11-17(23)18(24)12-14/h1-12H,(H2,25,26). The van der Waals surface area contributed by atoms with Crippen LogP contribution in [-0.2, 0) is 15.0 Å². The molecule has 0 bridgehead atoms. The average molecular weight is 402 g/mol. The molecule has 1 amide bonds. The van der Waals surface area contributed by atoms with Gasteiger partial charge in [-0.2, -0.15) is 0 Å². The fourth-order valence-electron chi connectivity index (χ4n) is 2.89. The average Bonchev–Trinajstić information content (AvgIpc) is 2.67. The molecule has 3 aromatic rings. The van der Waals surface area contributed by atoms with E-state index in [0.29, 0.717) is 5.02 Å². The van der Waals surface area contributed by atoms with Crippen molar-refractivity contribution in [1.82, 2.24) is 0 Å². The van der Waals surface area contributed by atoms with Gasteiger partial charge in [-0.25, -0.2) is 13.6 Å². The molecule has 7 heteroatoms. The molecule has 0 heterocycles. The topological polar surface area (TPSA) is 69.4 Å². The molecule has 0 saturated heterocycles. The second-order valence-electron chi connectivity index (χ2n) is 5.95. The SMILES string of the molecule is NC(=O)C(C(=O)Oc1ccc(Cl)cc1)(c1ccccc1)c1ccc(F)c(F)c1. The number of benzene rings is 3. The minimum atomic E-state index is -2.19. The third-order valence-electron chi connectivity index (χ3n) is 4.26. The van der Waals surface area contributed by atoms with Gasteiger partial charge in [0.1, 0.15) is 5.75 Å². The third kappa shape index (κ3) is 3.46. The maximum absolute atomic E-state index is 13.9. The van der Waals surface area contributed by atoms with Gasteiger partial charge in [0, 0.05) is 5.02 Å². The Morgan fingerprint density at radius 2 is 1.50 bits per heavy atom. The summed E-state index contributed by atoms with van der Waals surface area (Å²) in [5.41, 5.74) is 3.45. The maximum Gasteiger partial charge on any atom is 0.336 e. The number of primary amides is 1. The van der Waals surface area contributed by atoms with Gasteiger partial charge in [0.05, 0.1) is 0 Å². The summed E-state index contributed by atoms with van der Waals surface area (Å²) in [5, 5.41) is 0.421. The molecule has 0 spiro atoms. The Bertz CT molecular complexity index is 1030. The van der Waals surface area contributed by atoms with Gasteiger partial charge < -0.3 is 10.5 Å². The third-order valence-corrected chi connectivity index (χ3v) is 4.51. The highest BCUT2D eigenvalue weighted by Gasteiger charge is 2.50. The summed E-state index contributed by atoms with van der Waals surface area (Å²) in [5.74, 6) is -4.39. The smallest absolute Gasteiger partial charge is 0.336 e. The fraction of sp³-hybridized carbons (Fsp3) is 0.0476. The number of hydrogen-bond acceptors (Lipinski definition) is 3. The highest BCUT2D eigenvalue weighted by Crippen LogP contribution is 2.35. The zero-order valence-corrected chi connectivity index (χ0v) is 15.1. The van der Waals surface area contributed by atoms with E-state index in [4.69, 9.17) is 22.1 Å². The van der Waals surface area contributed by atoms with Crippen molar-refractivity contribution >= 4 is 23.5 Å². The van der Waals surface area contributed by atoms with E-state index in [1.807, 2.05) is 0 Å². The van der Waals surface area contributed by atoms with Crippen LogP contribution in [0.25, 0.3) is 0 Å². The van der Waals surface area contributed by atoms with Crippen LogP contribution in [0, 0.1) is 11.6 Å². The van der Waals surface area contributed by atoms with Gasteiger partial charge in [-0.15, -0.1) is 0 Å². The second-order valence-corrected chi connectivity index (χ2v) is 6.39. The molecular formula is C21H14ClF2NO3. The number of rotatable bonds is 5. The molecule has 0 aliphatic heterocycles. The molecule has 142 valence electrons. The first-order valence-corrected chi connectivity index (χ1v) is 8.52.